The lowest BCUT2D eigenvalue weighted by atomic mass is 10.1. The lowest BCUT2D eigenvalue weighted by molar-refractivity contribution is 0.0827. The van der Waals surface area contributed by atoms with Gasteiger partial charge in [0.25, 0.3) is 11.8 Å². The maximum atomic E-state index is 12.4. The first-order valence-corrected chi connectivity index (χ1v) is 8.01. The van der Waals surface area contributed by atoms with Crippen LogP contribution in [0.15, 0.2) is 24.3 Å². The van der Waals surface area contributed by atoms with Crippen LogP contribution in [0, 0.1) is 13.8 Å². The Labute approximate surface area is 147 Å². The summed E-state index contributed by atoms with van der Waals surface area (Å²) in [6.07, 6.45) is 0. The molecule has 1 aromatic carbocycles. The van der Waals surface area contributed by atoms with Gasteiger partial charge < -0.3 is 15.2 Å². The third kappa shape index (κ3) is 3.96. The van der Waals surface area contributed by atoms with Gasteiger partial charge in [-0.2, -0.15) is 0 Å². The Morgan fingerprint density at radius 1 is 1.16 bits per heavy atom. The largest absolute Gasteiger partial charge is 0.354 e. The van der Waals surface area contributed by atoms with E-state index in [1.165, 1.54) is 11.8 Å². The lowest BCUT2D eigenvalue weighted by Crippen LogP contribution is -2.25. The summed E-state index contributed by atoms with van der Waals surface area (Å²) in [5.41, 5.74) is 3.69. The second-order valence-electron chi connectivity index (χ2n) is 6.26. The summed E-state index contributed by atoms with van der Waals surface area (Å²) in [5, 5.41) is 2.82. The fourth-order valence-corrected chi connectivity index (χ4v) is 2.85. The van der Waals surface area contributed by atoms with Gasteiger partial charge in [0.2, 0.25) is 0 Å². The topological polar surface area (TPSA) is 82.3 Å². The zero-order chi connectivity index (χ0) is 18.7. The molecule has 0 aliphatic heterocycles. The Kier molecular flexibility index (Phi) is 5.41. The Bertz CT molecular complexity index is 834. The minimum atomic E-state index is -0.280. The molecule has 0 unspecified atom stereocenters. The van der Waals surface area contributed by atoms with Gasteiger partial charge in [0, 0.05) is 37.5 Å². The average molecular weight is 341 g/mol. The van der Waals surface area contributed by atoms with Gasteiger partial charge in [-0.1, -0.05) is 12.1 Å². The average Bonchev–Trinajstić information content (AvgIpc) is 2.86. The molecule has 2 rings (SSSR count). The van der Waals surface area contributed by atoms with Crippen molar-refractivity contribution in [3.05, 3.63) is 57.9 Å². The molecule has 2 amide bonds. The number of amides is 2. The van der Waals surface area contributed by atoms with E-state index in [1.807, 2.05) is 6.07 Å². The minimum Gasteiger partial charge on any atom is -0.354 e. The second kappa shape index (κ2) is 7.34. The smallest absolute Gasteiger partial charge is 0.268 e. The maximum Gasteiger partial charge on any atom is 0.268 e. The van der Waals surface area contributed by atoms with Crippen LogP contribution in [-0.4, -0.2) is 41.6 Å². The van der Waals surface area contributed by atoms with Gasteiger partial charge in [-0.05, 0) is 44.0 Å². The van der Waals surface area contributed by atoms with Crippen LogP contribution in [0.25, 0.3) is 0 Å². The molecule has 0 fully saturated rings. The van der Waals surface area contributed by atoms with Crippen molar-refractivity contribution in [2.75, 3.05) is 14.1 Å². The zero-order valence-corrected chi connectivity index (χ0v) is 15.2. The van der Waals surface area contributed by atoms with E-state index in [4.69, 9.17) is 0 Å². The minimum absolute atomic E-state index is 0.0693. The summed E-state index contributed by atoms with van der Waals surface area (Å²) >= 11 is 0. The van der Waals surface area contributed by atoms with Crippen LogP contribution in [0.5, 0.6) is 0 Å². The monoisotopic (exact) mass is 341 g/mol. The number of hydrogen-bond acceptors (Lipinski definition) is 3. The van der Waals surface area contributed by atoms with Crippen molar-refractivity contribution in [3.63, 3.8) is 0 Å². The molecule has 2 N–H and O–H groups in total. The van der Waals surface area contributed by atoms with E-state index >= 15 is 0 Å². The quantitative estimate of drug-likeness (QED) is 0.820. The fraction of sp³-hybridized carbons (Fsp3) is 0.316. The van der Waals surface area contributed by atoms with Crippen LogP contribution in [-0.2, 0) is 6.54 Å². The highest BCUT2D eigenvalue weighted by molar-refractivity contribution is 6.02. The molecule has 1 heterocycles. The number of H-pyrrole nitrogens is 1. The SMILES string of the molecule is CC(=O)c1c(C)[nH]c(C(=O)NCc2cccc(C(=O)N(C)C)c2)c1C. The van der Waals surface area contributed by atoms with E-state index in [1.54, 1.807) is 46.1 Å². The highest BCUT2D eigenvalue weighted by Gasteiger charge is 2.19. The standard InChI is InChI=1S/C19H23N3O3/c1-11-16(13(3)23)12(2)21-17(11)18(24)20-10-14-7-6-8-15(9-14)19(25)22(4)5/h6-9,21H,10H2,1-5H3,(H,20,24). The molecule has 0 aliphatic carbocycles. The Hall–Kier alpha value is -2.89. The van der Waals surface area contributed by atoms with Gasteiger partial charge in [-0.3, -0.25) is 14.4 Å². The third-order valence-electron chi connectivity index (χ3n) is 4.05. The van der Waals surface area contributed by atoms with Crippen molar-refractivity contribution in [1.82, 2.24) is 15.2 Å². The molecule has 0 saturated heterocycles. The maximum absolute atomic E-state index is 12.4. The third-order valence-corrected chi connectivity index (χ3v) is 4.05. The first kappa shape index (κ1) is 18.4. The van der Waals surface area contributed by atoms with Crippen molar-refractivity contribution in [3.8, 4) is 0 Å². The number of aromatic amines is 1. The number of benzene rings is 1. The van der Waals surface area contributed by atoms with Crippen molar-refractivity contribution >= 4 is 17.6 Å². The van der Waals surface area contributed by atoms with Gasteiger partial charge in [0.05, 0.1) is 0 Å². The van der Waals surface area contributed by atoms with Gasteiger partial charge in [0.1, 0.15) is 5.69 Å². The molecule has 1 aromatic heterocycles. The first-order chi connectivity index (χ1) is 11.7. The number of aryl methyl sites for hydroxylation is 1. The number of nitrogens with zero attached hydrogens (tertiary/aromatic N) is 1. The van der Waals surface area contributed by atoms with Crippen molar-refractivity contribution < 1.29 is 14.4 Å². The van der Waals surface area contributed by atoms with Gasteiger partial charge >= 0.3 is 0 Å². The van der Waals surface area contributed by atoms with Crippen molar-refractivity contribution in [2.45, 2.75) is 27.3 Å². The summed E-state index contributed by atoms with van der Waals surface area (Å²) in [5.74, 6) is -0.437. The molecule has 2 aromatic rings. The predicted octanol–water partition coefficient (Wildman–Crippen LogP) is 2.47. The molecule has 0 atom stereocenters. The predicted molar refractivity (Wildman–Crippen MR) is 95.9 cm³/mol. The number of ketones is 1. The molecule has 0 saturated carbocycles. The highest BCUT2D eigenvalue weighted by Crippen LogP contribution is 2.18. The number of Topliss-reactive ketones (excluding diaryl/α,β-unsaturated/α-hetero) is 1. The molecule has 0 bridgehead atoms. The van der Waals surface area contributed by atoms with Crippen LogP contribution in [0.2, 0.25) is 0 Å². The van der Waals surface area contributed by atoms with Crippen LogP contribution in [0.4, 0.5) is 0 Å². The number of aromatic nitrogens is 1. The number of rotatable bonds is 5. The van der Waals surface area contributed by atoms with Crippen LogP contribution >= 0.6 is 0 Å². The molecule has 6 nitrogen and oxygen atoms in total. The molecule has 0 spiro atoms. The first-order valence-electron chi connectivity index (χ1n) is 8.01. The van der Waals surface area contributed by atoms with E-state index in [0.717, 1.165) is 5.56 Å². The normalized spacial score (nSPS) is 10.4. The second-order valence-corrected chi connectivity index (χ2v) is 6.26. The van der Waals surface area contributed by atoms with Crippen LogP contribution in [0.1, 0.15) is 54.9 Å². The number of carbonyl (C=O) groups is 3. The fourth-order valence-electron chi connectivity index (χ4n) is 2.85. The molecular weight excluding hydrogens is 318 g/mol. The van der Waals surface area contributed by atoms with Crippen molar-refractivity contribution in [1.29, 1.82) is 0 Å². The molecular formula is C19H23N3O3. The molecule has 6 heteroatoms. The number of carbonyl (C=O) groups excluding carboxylic acids is 3. The summed E-state index contributed by atoms with van der Waals surface area (Å²) in [6.45, 7) is 5.31. The summed E-state index contributed by atoms with van der Waals surface area (Å²) < 4.78 is 0. The number of hydrogen-bond donors (Lipinski definition) is 2. The molecule has 0 radical (unpaired) electrons. The van der Waals surface area contributed by atoms with Gasteiger partial charge in [-0.15, -0.1) is 0 Å². The lowest BCUT2D eigenvalue weighted by Gasteiger charge is -2.11. The van der Waals surface area contributed by atoms with E-state index in [2.05, 4.69) is 10.3 Å². The van der Waals surface area contributed by atoms with E-state index in [9.17, 15) is 14.4 Å². The highest BCUT2D eigenvalue weighted by atomic mass is 16.2. The zero-order valence-electron chi connectivity index (χ0n) is 15.2. The molecule has 0 aliphatic rings. The molecule has 132 valence electrons. The van der Waals surface area contributed by atoms with E-state index in [-0.39, 0.29) is 17.6 Å². The Morgan fingerprint density at radius 2 is 1.84 bits per heavy atom. The van der Waals surface area contributed by atoms with Crippen LogP contribution < -0.4 is 5.32 Å². The summed E-state index contributed by atoms with van der Waals surface area (Å²) in [6, 6.07) is 7.14. The Morgan fingerprint density at radius 3 is 2.40 bits per heavy atom. The van der Waals surface area contributed by atoms with Gasteiger partial charge in [-0.25, -0.2) is 0 Å². The molecule has 25 heavy (non-hydrogen) atoms. The summed E-state index contributed by atoms with van der Waals surface area (Å²) in [4.78, 5) is 40.6. The van der Waals surface area contributed by atoms with Crippen LogP contribution in [0.3, 0.4) is 0 Å². The summed E-state index contributed by atoms with van der Waals surface area (Å²) in [7, 11) is 3.39. The van der Waals surface area contributed by atoms with E-state index in [0.29, 0.717) is 34.6 Å². The number of nitrogens with one attached hydrogen (secondary N) is 2. The van der Waals surface area contributed by atoms with Crippen molar-refractivity contribution in [2.24, 2.45) is 0 Å². The van der Waals surface area contributed by atoms with E-state index < -0.39 is 0 Å². The van der Waals surface area contributed by atoms with Gasteiger partial charge in [0.15, 0.2) is 5.78 Å². The Balaban J connectivity index is 2.13.